The molecule has 0 aliphatic carbocycles. The SMILES string of the molecule is CC=Cc1ccc(CN2CCCCC2)cc1. The summed E-state index contributed by atoms with van der Waals surface area (Å²) in [6.45, 7) is 5.73. The molecule has 0 aromatic heterocycles. The Kier molecular flexibility index (Phi) is 4.17. The van der Waals surface area contributed by atoms with E-state index in [1.54, 1.807) is 0 Å². The van der Waals surface area contributed by atoms with Crippen LogP contribution in [0.15, 0.2) is 30.3 Å². The van der Waals surface area contributed by atoms with Crippen LogP contribution in [0.5, 0.6) is 0 Å². The van der Waals surface area contributed by atoms with Gasteiger partial charge in [0.2, 0.25) is 0 Å². The molecular weight excluding hydrogens is 194 g/mol. The van der Waals surface area contributed by atoms with Crippen molar-refractivity contribution in [2.75, 3.05) is 13.1 Å². The molecule has 0 bridgehead atoms. The average Bonchev–Trinajstić information content (AvgIpc) is 2.33. The summed E-state index contributed by atoms with van der Waals surface area (Å²) >= 11 is 0. The van der Waals surface area contributed by atoms with Crippen molar-refractivity contribution in [2.45, 2.75) is 32.7 Å². The number of piperidine rings is 1. The Bertz CT molecular complexity index is 331. The van der Waals surface area contributed by atoms with Gasteiger partial charge >= 0.3 is 0 Å². The third kappa shape index (κ3) is 3.21. The summed E-state index contributed by atoms with van der Waals surface area (Å²) < 4.78 is 0. The lowest BCUT2D eigenvalue weighted by Gasteiger charge is -2.26. The predicted octanol–water partition coefficient (Wildman–Crippen LogP) is 3.71. The number of hydrogen-bond acceptors (Lipinski definition) is 1. The zero-order valence-corrected chi connectivity index (χ0v) is 10.2. The highest BCUT2D eigenvalue weighted by atomic mass is 15.1. The normalized spacial score (nSPS) is 18.1. The summed E-state index contributed by atoms with van der Waals surface area (Å²) in [6, 6.07) is 8.92. The number of benzene rings is 1. The molecule has 1 aliphatic rings. The van der Waals surface area contributed by atoms with Crippen molar-refractivity contribution in [3.63, 3.8) is 0 Å². The van der Waals surface area contributed by atoms with Crippen molar-refractivity contribution in [2.24, 2.45) is 0 Å². The van der Waals surface area contributed by atoms with Gasteiger partial charge in [0.15, 0.2) is 0 Å². The van der Waals surface area contributed by atoms with Crippen LogP contribution in [0.1, 0.15) is 37.3 Å². The van der Waals surface area contributed by atoms with Gasteiger partial charge < -0.3 is 0 Å². The molecule has 1 heteroatoms. The van der Waals surface area contributed by atoms with Gasteiger partial charge in [-0.25, -0.2) is 0 Å². The summed E-state index contributed by atoms with van der Waals surface area (Å²) in [6.07, 6.45) is 8.38. The fourth-order valence-electron chi connectivity index (χ4n) is 2.30. The Morgan fingerprint density at radius 1 is 1.06 bits per heavy atom. The molecule has 2 rings (SSSR count). The zero-order chi connectivity index (χ0) is 11.2. The van der Waals surface area contributed by atoms with Crippen LogP contribution in [-0.2, 0) is 6.54 Å². The lowest BCUT2D eigenvalue weighted by molar-refractivity contribution is 0.221. The smallest absolute Gasteiger partial charge is 0.0233 e. The molecule has 16 heavy (non-hydrogen) atoms. The Labute approximate surface area is 98.8 Å². The summed E-state index contributed by atoms with van der Waals surface area (Å²) in [5.74, 6) is 0. The lowest BCUT2D eigenvalue weighted by Crippen LogP contribution is -2.28. The molecule has 1 heterocycles. The standard InChI is InChI=1S/C15H21N/c1-2-6-14-7-9-15(10-8-14)13-16-11-4-3-5-12-16/h2,6-10H,3-5,11-13H2,1H3. The Hall–Kier alpha value is -1.08. The first-order valence-electron chi connectivity index (χ1n) is 6.32. The third-order valence-corrected chi connectivity index (χ3v) is 3.19. The summed E-state index contributed by atoms with van der Waals surface area (Å²) in [4.78, 5) is 2.56. The van der Waals surface area contributed by atoms with Crippen LogP contribution in [-0.4, -0.2) is 18.0 Å². The van der Waals surface area contributed by atoms with Gasteiger partial charge in [-0.2, -0.15) is 0 Å². The van der Waals surface area contributed by atoms with E-state index in [-0.39, 0.29) is 0 Å². The van der Waals surface area contributed by atoms with E-state index < -0.39 is 0 Å². The van der Waals surface area contributed by atoms with E-state index in [9.17, 15) is 0 Å². The molecule has 1 aromatic rings. The minimum Gasteiger partial charge on any atom is -0.299 e. The number of nitrogens with zero attached hydrogens (tertiary/aromatic N) is 1. The van der Waals surface area contributed by atoms with Gasteiger partial charge in [-0.05, 0) is 44.0 Å². The Morgan fingerprint density at radius 2 is 1.75 bits per heavy atom. The molecule has 1 saturated heterocycles. The van der Waals surface area contributed by atoms with E-state index in [2.05, 4.69) is 48.2 Å². The van der Waals surface area contributed by atoms with Crippen molar-refractivity contribution in [1.29, 1.82) is 0 Å². The fourth-order valence-corrected chi connectivity index (χ4v) is 2.30. The molecule has 1 fully saturated rings. The van der Waals surface area contributed by atoms with Crippen LogP contribution in [0.3, 0.4) is 0 Å². The quantitative estimate of drug-likeness (QED) is 0.743. The summed E-state index contributed by atoms with van der Waals surface area (Å²) in [5, 5.41) is 0. The highest BCUT2D eigenvalue weighted by molar-refractivity contribution is 5.49. The summed E-state index contributed by atoms with van der Waals surface area (Å²) in [7, 11) is 0. The maximum atomic E-state index is 2.56. The van der Waals surface area contributed by atoms with Crippen LogP contribution in [0.25, 0.3) is 6.08 Å². The average molecular weight is 215 g/mol. The molecule has 0 radical (unpaired) electrons. The van der Waals surface area contributed by atoms with Crippen molar-refractivity contribution in [3.05, 3.63) is 41.5 Å². The molecule has 0 spiro atoms. The highest BCUT2D eigenvalue weighted by Gasteiger charge is 2.09. The molecule has 86 valence electrons. The number of hydrogen-bond donors (Lipinski definition) is 0. The molecular formula is C15H21N. The first kappa shape index (κ1) is 11.4. The van der Waals surface area contributed by atoms with Gasteiger partial charge in [-0.3, -0.25) is 4.90 Å². The Morgan fingerprint density at radius 3 is 2.38 bits per heavy atom. The number of likely N-dealkylation sites (tertiary alicyclic amines) is 1. The second kappa shape index (κ2) is 5.86. The van der Waals surface area contributed by atoms with Crippen molar-refractivity contribution >= 4 is 6.08 Å². The molecule has 0 amide bonds. The Balaban J connectivity index is 1.93. The molecule has 0 atom stereocenters. The van der Waals surface area contributed by atoms with Crippen LogP contribution in [0.4, 0.5) is 0 Å². The van der Waals surface area contributed by atoms with E-state index in [1.165, 1.54) is 43.5 Å². The molecule has 0 unspecified atom stereocenters. The molecule has 0 N–H and O–H groups in total. The topological polar surface area (TPSA) is 3.24 Å². The minimum atomic E-state index is 1.12. The largest absolute Gasteiger partial charge is 0.299 e. The first-order valence-corrected chi connectivity index (χ1v) is 6.32. The third-order valence-electron chi connectivity index (χ3n) is 3.19. The highest BCUT2D eigenvalue weighted by Crippen LogP contribution is 2.13. The van der Waals surface area contributed by atoms with Gasteiger partial charge in [0.25, 0.3) is 0 Å². The lowest BCUT2D eigenvalue weighted by atomic mass is 10.1. The van der Waals surface area contributed by atoms with Crippen molar-refractivity contribution < 1.29 is 0 Å². The minimum absolute atomic E-state index is 1.12. The van der Waals surface area contributed by atoms with Gasteiger partial charge in [-0.15, -0.1) is 0 Å². The molecule has 1 aliphatic heterocycles. The van der Waals surface area contributed by atoms with Crippen LogP contribution < -0.4 is 0 Å². The zero-order valence-electron chi connectivity index (χ0n) is 10.2. The first-order chi connectivity index (χ1) is 7.88. The molecule has 1 aromatic carbocycles. The van der Waals surface area contributed by atoms with Gasteiger partial charge in [0.1, 0.15) is 0 Å². The van der Waals surface area contributed by atoms with Crippen LogP contribution in [0.2, 0.25) is 0 Å². The van der Waals surface area contributed by atoms with E-state index >= 15 is 0 Å². The van der Waals surface area contributed by atoms with Crippen LogP contribution >= 0.6 is 0 Å². The fraction of sp³-hybridized carbons (Fsp3) is 0.467. The summed E-state index contributed by atoms with van der Waals surface area (Å²) in [5.41, 5.74) is 2.74. The van der Waals surface area contributed by atoms with E-state index in [0.29, 0.717) is 0 Å². The number of rotatable bonds is 3. The van der Waals surface area contributed by atoms with Crippen LogP contribution in [0, 0.1) is 0 Å². The van der Waals surface area contributed by atoms with E-state index in [1.807, 2.05) is 0 Å². The number of allylic oxidation sites excluding steroid dienone is 1. The van der Waals surface area contributed by atoms with Crippen molar-refractivity contribution in [1.82, 2.24) is 4.90 Å². The second-order valence-corrected chi connectivity index (χ2v) is 4.58. The molecule has 0 saturated carbocycles. The maximum absolute atomic E-state index is 2.56. The van der Waals surface area contributed by atoms with Gasteiger partial charge in [-0.1, -0.05) is 42.8 Å². The molecule has 1 nitrogen and oxygen atoms in total. The van der Waals surface area contributed by atoms with E-state index in [4.69, 9.17) is 0 Å². The second-order valence-electron chi connectivity index (χ2n) is 4.58. The predicted molar refractivity (Wildman–Crippen MR) is 70.3 cm³/mol. The van der Waals surface area contributed by atoms with E-state index in [0.717, 1.165) is 6.54 Å². The maximum Gasteiger partial charge on any atom is 0.0233 e. The van der Waals surface area contributed by atoms with Gasteiger partial charge in [0.05, 0.1) is 0 Å². The van der Waals surface area contributed by atoms with Crippen molar-refractivity contribution in [3.8, 4) is 0 Å². The van der Waals surface area contributed by atoms with Gasteiger partial charge in [0, 0.05) is 6.54 Å². The monoisotopic (exact) mass is 215 g/mol.